The van der Waals surface area contributed by atoms with Crippen molar-refractivity contribution in [3.8, 4) is 12.3 Å². The number of carbonyl (C=O) groups is 2. The summed E-state index contributed by atoms with van der Waals surface area (Å²) >= 11 is 6.97. The lowest BCUT2D eigenvalue weighted by Crippen LogP contribution is -2.25. The smallest absolute Gasteiger partial charge is 0.265 e. The van der Waals surface area contributed by atoms with Crippen LogP contribution in [-0.4, -0.2) is 18.4 Å². The second-order valence-corrected chi connectivity index (χ2v) is 5.71. The third-order valence-corrected chi connectivity index (χ3v) is 3.80. The summed E-state index contributed by atoms with van der Waals surface area (Å²) in [5.41, 5.74) is 0.769. The molecule has 2 amide bonds. The number of halogens is 1. The van der Waals surface area contributed by atoms with Crippen LogP contribution in [0.1, 0.15) is 20.0 Å². The second-order valence-electron chi connectivity index (χ2n) is 3.99. The molecule has 0 fully saturated rings. The predicted molar refractivity (Wildman–Crippen MR) is 84.9 cm³/mol. The van der Waals surface area contributed by atoms with E-state index in [2.05, 4.69) is 16.6 Å². The number of carbonyl (C=O) groups excluding carboxylic acids is 2. The number of terminal acetylenes is 1. The maximum atomic E-state index is 12.1. The molecule has 1 heterocycles. The van der Waals surface area contributed by atoms with Gasteiger partial charge in [-0.2, -0.15) is 0 Å². The number of nitrogens with one attached hydrogen (secondary N) is 2. The molecule has 21 heavy (non-hydrogen) atoms. The molecule has 4 nitrogen and oxygen atoms in total. The number of amides is 2. The number of anilines is 1. The third-order valence-electron chi connectivity index (χ3n) is 2.57. The fourth-order valence-electron chi connectivity index (χ4n) is 1.64. The van der Waals surface area contributed by atoms with E-state index in [1.54, 1.807) is 36.4 Å². The fourth-order valence-corrected chi connectivity index (χ4v) is 2.58. The molecular formula is C15H11ClN2O2S. The van der Waals surface area contributed by atoms with Crippen LogP contribution in [0.2, 0.25) is 4.34 Å². The average Bonchev–Trinajstić information content (AvgIpc) is 2.92. The van der Waals surface area contributed by atoms with Gasteiger partial charge in [-0.15, -0.1) is 17.8 Å². The maximum Gasteiger partial charge on any atom is 0.265 e. The highest BCUT2D eigenvalue weighted by Crippen LogP contribution is 2.23. The Labute approximate surface area is 131 Å². The fraction of sp³-hybridized carbons (Fsp3) is 0.0667. The van der Waals surface area contributed by atoms with Crippen LogP contribution in [-0.2, 0) is 0 Å². The molecule has 106 valence electrons. The number of hydrogen-bond acceptors (Lipinski definition) is 3. The van der Waals surface area contributed by atoms with Crippen LogP contribution in [0, 0.1) is 12.3 Å². The van der Waals surface area contributed by atoms with E-state index in [0.29, 0.717) is 20.5 Å². The van der Waals surface area contributed by atoms with Gasteiger partial charge in [0, 0.05) is 0 Å². The van der Waals surface area contributed by atoms with E-state index in [9.17, 15) is 9.59 Å². The minimum atomic E-state index is -0.340. The summed E-state index contributed by atoms with van der Waals surface area (Å²) < 4.78 is 0.528. The van der Waals surface area contributed by atoms with Crippen LogP contribution >= 0.6 is 22.9 Å². The Kier molecular flexibility index (Phi) is 4.99. The maximum absolute atomic E-state index is 12.1. The quantitative estimate of drug-likeness (QED) is 0.851. The van der Waals surface area contributed by atoms with E-state index in [-0.39, 0.29) is 18.4 Å². The predicted octanol–water partition coefficient (Wildman–Crippen LogP) is 3.02. The summed E-state index contributed by atoms with van der Waals surface area (Å²) in [5, 5.41) is 5.26. The molecule has 0 atom stereocenters. The summed E-state index contributed by atoms with van der Waals surface area (Å²) in [7, 11) is 0. The van der Waals surface area contributed by atoms with Crippen molar-refractivity contribution in [1.29, 1.82) is 0 Å². The molecule has 0 saturated carbocycles. The molecular weight excluding hydrogens is 308 g/mol. The van der Waals surface area contributed by atoms with Crippen molar-refractivity contribution < 1.29 is 9.59 Å². The van der Waals surface area contributed by atoms with Gasteiger partial charge in [0.15, 0.2) is 0 Å². The lowest BCUT2D eigenvalue weighted by atomic mass is 10.1. The van der Waals surface area contributed by atoms with Gasteiger partial charge in [0.2, 0.25) is 0 Å². The molecule has 2 N–H and O–H groups in total. The minimum Gasteiger partial charge on any atom is -0.341 e. The van der Waals surface area contributed by atoms with E-state index in [0.717, 1.165) is 0 Å². The van der Waals surface area contributed by atoms with Crippen LogP contribution in [0.3, 0.4) is 0 Å². The second kappa shape index (κ2) is 6.93. The van der Waals surface area contributed by atoms with Gasteiger partial charge in [-0.25, -0.2) is 0 Å². The number of benzene rings is 1. The van der Waals surface area contributed by atoms with Gasteiger partial charge in [0.05, 0.1) is 27.0 Å². The van der Waals surface area contributed by atoms with Gasteiger partial charge in [0.25, 0.3) is 11.8 Å². The molecule has 0 radical (unpaired) electrons. The highest BCUT2D eigenvalue weighted by atomic mass is 35.5. The van der Waals surface area contributed by atoms with Crippen molar-refractivity contribution in [1.82, 2.24) is 5.32 Å². The molecule has 0 aliphatic heterocycles. The largest absolute Gasteiger partial charge is 0.341 e. The number of thiophene rings is 1. The van der Waals surface area contributed by atoms with E-state index in [1.807, 2.05) is 0 Å². The first-order valence-corrected chi connectivity index (χ1v) is 7.18. The van der Waals surface area contributed by atoms with E-state index in [1.165, 1.54) is 11.3 Å². The Balaban J connectivity index is 2.19. The standard InChI is InChI=1S/C15H11ClN2O2S/c1-2-9-17-14(19)10-5-3-4-6-11(10)18-15(20)12-7-8-13(16)21-12/h1,3-8H,9H2,(H,17,19)(H,18,20). The molecule has 0 spiro atoms. The van der Waals surface area contributed by atoms with Gasteiger partial charge in [-0.3, -0.25) is 9.59 Å². The zero-order chi connectivity index (χ0) is 15.2. The highest BCUT2D eigenvalue weighted by molar-refractivity contribution is 7.18. The van der Waals surface area contributed by atoms with Crippen molar-refractivity contribution in [3.05, 3.63) is 51.2 Å². The Bertz CT molecular complexity index is 718. The first-order chi connectivity index (χ1) is 10.1. The van der Waals surface area contributed by atoms with Crippen molar-refractivity contribution in [2.24, 2.45) is 0 Å². The molecule has 0 unspecified atom stereocenters. The lowest BCUT2D eigenvalue weighted by molar-refractivity contribution is 0.0959. The molecule has 1 aromatic carbocycles. The molecule has 0 saturated heterocycles. The number of para-hydroxylation sites is 1. The van der Waals surface area contributed by atoms with Crippen LogP contribution in [0.15, 0.2) is 36.4 Å². The molecule has 0 bridgehead atoms. The molecule has 1 aromatic heterocycles. The van der Waals surface area contributed by atoms with Crippen molar-refractivity contribution in [2.75, 3.05) is 11.9 Å². The van der Waals surface area contributed by atoms with Crippen molar-refractivity contribution in [2.45, 2.75) is 0 Å². The topological polar surface area (TPSA) is 58.2 Å². The van der Waals surface area contributed by atoms with Crippen molar-refractivity contribution >= 4 is 40.4 Å². The zero-order valence-electron chi connectivity index (χ0n) is 10.9. The van der Waals surface area contributed by atoms with Gasteiger partial charge in [0.1, 0.15) is 0 Å². The van der Waals surface area contributed by atoms with Crippen LogP contribution < -0.4 is 10.6 Å². The van der Waals surface area contributed by atoms with E-state index < -0.39 is 0 Å². The summed E-state index contributed by atoms with van der Waals surface area (Å²) in [6.07, 6.45) is 5.11. The van der Waals surface area contributed by atoms with Crippen LogP contribution in [0.4, 0.5) is 5.69 Å². The van der Waals surface area contributed by atoms with Gasteiger partial charge in [-0.05, 0) is 24.3 Å². The third kappa shape index (κ3) is 3.85. The Hall–Kier alpha value is -2.29. The van der Waals surface area contributed by atoms with Crippen molar-refractivity contribution in [3.63, 3.8) is 0 Å². The van der Waals surface area contributed by atoms with Gasteiger partial charge in [-0.1, -0.05) is 29.7 Å². The highest BCUT2D eigenvalue weighted by Gasteiger charge is 2.14. The minimum absolute atomic E-state index is 0.127. The summed E-state index contributed by atoms with van der Waals surface area (Å²) in [5.74, 6) is 1.67. The molecule has 2 aromatic rings. The lowest BCUT2D eigenvalue weighted by Gasteiger charge is -2.09. The Morgan fingerprint density at radius 2 is 1.95 bits per heavy atom. The Morgan fingerprint density at radius 1 is 1.19 bits per heavy atom. The average molecular weight is 319 g/mol. The van der Waals surface area contributed by atoms with Crippen LogP contribution in [0.25, 0.3) is 0 Å². The molecule has 0 aliphatic carbocycles. The first-order valence-electron chi connectivity index (χ1n) is 5.99. The van der Waals surface area contributed by atoms with Crippen LogP contribution in [0.5, 0.6) is 0 Å². The van der Waals surface area contributed by atoms with E-state index >= 15 is 0 Å². The summed E-state index contributed by atoms with van der Waals surface area (Å²) in [6, 6.07) is 9.98. The molecule has 0 aliphatic rings. The summed E-state index contributed by atoms with van der Waals surface area (Å²) in [6.45, 7) is 0.127. The SMILES string of the molecule is C#CCNC(=O)c1ccccc1NC(=O)c1ccc(Cl)s1. The molecule has 6 heteroatoms. The monoisotopic (exact) mass is 318 g/mol. The zero-order valence-corrected chi connectivity index (χ0v) is 12.4. The normalized spacial score (nSPS) is 9.71. The van der Waals surface area contributed by atoms with Gasteiger partial charge < -0.3 is 10.6 Å². The molecule has 2 rings (SSSR count). The number of hydrogen-bond donors (Lipinski definition) is 2. The Morgan fingerprint density at radius 3 is 2.62 bits per heavy atom. The first kappa shape index (κ1) is 15.1. The number of rotatable bonds is 4. The summed E-state index contributed by atoms with van der Waals surface area (Å²) in [4.78, 5) is 24.5. The van der Waals surface area contributed by atoms with E-state index in [4.69, 9.17) is 18.0 Å². The van der Waals surface area contributed by atoms with Gasteiger partial charge >= 0.3 is 0 Å².